The summed E-state index contributed by atoms with van der Waals surface area (Å²) in [6.45, 7) is -0.0738. The lowest BCUT2D eigenvalue weighted by Crippen LogP contribution is -2.31. The van der Waals surface area contributed by atoms with Crippen molar-refractivity contribution in [3.63, 3.8) is 0 Å². The number of carbonyl (C=O) groups is 1. The number of aromatic hydroxyl groups is 6. The lowest BCUT2D eigenvalue weighted by atomic mass is 10.0. The zero-order valence-electron chi connectivity index (χ0n) is 15.7. The van der Waals surface area contributed by atoms with E-state index in [4.69, 9.17) is 9.47 Å². The number of phenolic OH excluding ortho intramolecular Hbond substituents is 5. The van der Waals surface area contributed by atoms with E-state index in [9.17, 15) is 40.2 Å². The molecule has 160 valence electrons. The molecule has 0 aliphatic carbocycles. The summed E-state index contributed by atoms with van der Waals surface area (Å²) in [6, 6.07) is 5.33. The van der Waals surface area contributed by atoms with Gasteiger partial charge in [0.05, 0.1) is 10.9 Å². The molecule has 0 radical (unpaired) electrons. The largest absolute Gasteiger partial charge is 0.508 e. The van der Waals surface area contributed by atoms with E-state index in [1.54, 1.807) is 0 Å². The maximum atomic E-state index is 12.7. The molecule has 3 aromatic carbocycles. The second-order valence-electron chi connectivity index (χ2n) is 7.00. The highest BCUT2D eigenvalue weighted by molar-refractivity contribution is 5.98. The molecule has 0 saturated carbocycles. The average Bonchev–Trinajstić information content (AvgIpc) is 2.83. The van der Waals surface area contributed by atoms with Crippen LogP contribution in [0, 0.1) is 0 Å². The van der Waals surface area contributed by atoms with Crippen molar-refractivity contribution in [1.82, 2.24) is 0 Å². The van der Waals surface area contributed by atoms with Crippen LogP contribution in [0.25, 0.3) is 10.8 Å². The second kappa shape index (κ2) is 7.17. The minimum atomic E-state index is -1.07. The highest BCUT2D eigenvalue weighted by Crippen LogP contribution is 2.40. The van der Waals surface area contributed by atoms with Gasteiger partial charge >= 0.3 is 5.97 Å². The Morgan fingerprint density at radius 2 is 1.65 bits per heavy atom. The fourth-order valence-corrected chi connectivity index (χ4v) is 3.40. The van der Waals surface area contributed by atoms with Gasteiger partial charge < -0.3 is 40.1 Å². The van der Waals surface area contributed by atoms with Crippen molar-refractivity contribution < 1.29 is 44.9 Å². The fourth-order valence-electron chi connectivity index (χ4n) is 3.40. The third kappa shape index (κ3) is 3.44. The van der Waals surface area contributed by atoms with Gasteiger partial charge in [-0.05, 0) is 23.6 Å². The van der Waals surface area contributed by atoms with E-state index in [-0.39, 0.29) is 41.2 Å². The second-order valence-corrected chi connectivity index (χ2v) is 7.00. The molecule has 4 rings (SSSR count). The van der Waals surface area contributed by atoms with E-state index < -0.39 is 45.9 Å². The van der Waals surface area contributed by atoms with Crippen molar-refractivity contribution in [2.24, 2.45) is 0 Å². The summed E-state index contributed by atoms with van der Waals surface area (Å²) in [6.07, 6.45) is -0.742. The zero-order chi connectivity index (χ0) is 22.4. The van der Waals surface area contributed by atoms with Crippen LogP contribution in [-0.2, 0) is 11.2 Å². The molecular weight excluding hydrogens is 412 g/mol. The summed E-state index contributed by atoms with van der Waals surface area (Å²) in [5.41, 5.74) is -1.00. The first-order valence-corrected chi connectivity index (χ1v) is 8.99. The van der Waals surface area contributed by atoms with Gasteiger partial charge in [0.25, 0.3) is 0 Å². The van der Waals surface area contributed by atoms with E-state index in [1.807, 2.05) is 0 Å². The van der Waals surface area contributed by atoms with Gasteiger partial charge in [0, 0.05) is 24.1 Å². The Balaban J connectivity index is 1.69. The molecule has 0 spiro atoms. The highest BCUT2D eigenvalue weighted by Gasteiger charge is 2.27. The Labute approximate surface area is 173 Å². The van der Waals surface area contributed by atoms with Gasteiger partial charge in [-0.3, -0.25) is 4.79 Å². The zero-order valence-corrected chi connectivity index (χ0v) is 15.7. The molecule has 1 aliphatic rings. The number of benzene rings is 2. The number of rotatable bonds is 2. The van der Waals surface area contributed by atoms with Gasteiger partial charge in [-0.25, -0.2) is 4.79 Å². The van der Waals surface area contributed by atoms with E-state index in [0.29, 0.717) is 5.56 Å². The molecule has 1 aliphatic heterocycles. The Morgan fingerprint density at radius 1 is 0.903 bits per heavy atom. The van der Waals surface area contributed by atoms with E-state index in [0.717, 1.165) is 24.3 Å². The molecule has 6 N–H and O–H groups in total. The minimum absolute atomic E-state index is 0.0738. The van der Waals surface area contributed by atoms with E-state index in [2.05, 4.69) is 0 Å². The number of carbonyl (C=O) groups excluding carboxylic acids is 1. The number of fused-ring (bicyclic) bond motifs is 2. The normalized spacial score (nSPS) is 15.2. The predicted molar refractivity (Wildman–Crippen MR) is 105 cm³/mol. The SMILES string of the molecule is O=C(OC1COc2cc(O)cc(O)c2C1)c1cc(O)c(=O)c2c(O)c(O)c(O)cc2c1. The molecule has 1 atom stereocenters. The molecule has 3 aromatic rings. The first-order chi connectivity index (χ1) is 14.7. The maximum absolute atomic E-state index is 12.7. The molecular formula is C21H16O10. The van der Waals surface area contributed by atoms with E-state index >= 15 is 0 Å². The van der Waals surface area contributed by atoms with Gasteiger partial charge in [0.2, 0.25) is 11.2 Å². The molecule has 31 heavy (non-hydrogen) atoms. The number of hydrogen-bond acceptors (Lipinski definition) is 10. The Hall–Kier alpha value is -4.34. The quantitative estimate of drug-likeness (QED) is 0.260. The van der Waals surface area contributed by atoms with Crippen molar-refractivity contribution in [3.05, 3.63) is 51.7 Å². The summed E-state index contributed by atoms with van der Waals surface area (Å²) in [4.78, 5) is 25.0. The topological polar surface area (TPSA) is 174 Å². The smallest absolute Gasteiger partial charge is 0.338 e. The monoisotopic (exact) mass is 428 g/mol. The molecule has 0 fully saturated rings. The summed E-state index contributed by atoms with van der Waals surface area (Å²) in [7, 11) is 0. The molecule has 1 unspecified atom stereocenters. The van der Waals surface area contributed by atoms with Crippen molar-refractivity contribution >= 4 is 16.7 Å². The van der Waals surface area contributed by atoms with Crippen LogP contribution in [0.1, 0.15) is 15.9 Å². The lowest BCUT2D eigenvalue weighted by molar-refractivity contribution is 0.0128. The average molecular weight is 428 g/mol. The molecule has 10 nitrogen and oxygen atoms in total. The summed E-state index contributed by atoms with van der Waals surface area (Å²) < 4.78 is 10.8. The third-order valence-corrected chi connectivity index (χ3v) is 4.88. The predicted octanol–water partition coefficient (Wildman–Crippen LogP) is 1.59. The van der Waals surface area contributed by atoms with Crippen molar-refractivity contribution in [2.75, 3.05) is 6.61 Å². The van der Waals surface area contributed by atoms with Crippen LogP contribution in [0.2, 0.25) is 0 Å². The van der Waals surface area contributed by atoms with Crippen molar-refractivity contribution in [2.45, 2.75) is 12.5 Å². The van der Waals surface area contributed by atoms with Gasteiger partial charge in [0.15, 0.2) is 17.2 Å². The van der Waals surface area contributed by atoms with Crippen molar-refractivity contribution in [1.29, 1.82) is 0 Å². The van der Waals surface area contributed by atoms with Gasteiger partial charge in [0.1, 0.15) is 30.0 Å². The molecule has 10 heteroatoms. The number of esters is 1. The van der Waals surface area contributed by atoms with E-state index in [1.165, 1.54) is 6.07 Å². The molecule has 1 heterocycles. The molecule has 0 amide bonds. The summed E-state index contributed by atoms with van der Waals surface area (Å²) in [5, 5.41) is 58.3. The Kier molecular flexibility index (Phi) is 4.61. The minimum Gasteiger partial charge on any atom is -0.508 e. The number of phenols is 5. The molecule has 0 bridgehead atoms. The van der Waals surface area contributed by atoms with Gasteiger partial charge in [-0.1, -0.05) is 0 Å². The van der Waals surface area contributed by atoms with Crippen molar-refractivity contribution in [3.8, 4) is 40.2 Å². The molecule has 0 aromatic heterocycles. The van der Waals surface area contributed by atoms with Crippen LogP contribution in [-0.4, -0.2) is 49.3 Å². The maximum Gasteiger partial charge on any atom is 0.338 e. The summed E-state index contributed by atoms with van der Waals surface area (Å²) in [5.74, 6) is -4.61. The Bertz CT molecular complexity index is 1300. The highest BCUT2D eigenvalue weighted by atomic mass is 16.6. The first kappa shape index (κ1) is 20.0. The lowest BCUT2D eigenvalue weighted by Gasteiger charge is -2.25. The Morgan fingerprint density at radius 3 is 2.39 bits per heavy atom. The number of ether oxygens (including phenoxy) is 2. The third-order valence-electron chi connectivity index (χ3n) is 4.88. The van der Waals surface area contributed by atoms with Crippen LogP contribution < -0.4 is 10.2 Å². The standard InChI is InChI=1S/C21H16O10/c22-10-4-13(23)12-6-11(7-30-16(12)5-10)31-21(29)9-1-8-2-15(25)19(27)20(28)17(8)18(26)14(24)3-9/h1-5,11,22-23,25,27-28H,6-7H2,(H,24,26). The first-order valence-electron chi connectivity index (χ1n) is 8.99. The van der Waals surface area contributed by atoms with Crippen LogP contribution in [0.4, 0.5) is 0 Å². The fraction of sp³-hybridized carbons (Fsp3) is 0.143. The van der Waals surface area contributed by atoms with Crippen LogP contribution in [0.15, 0.2) is 35.1 Å². The van der Waals surface area contributed by atoms with Crippen LogP contribution in [0.3, 0.4) is 0 Å². The van der Waals surface area contributed by atoms with Gasteiger partial charge in [-0.2, -0.15) is 0 Å². The number of hydrogen-bond donors (Lipinski definition) is 6. The molecule has 0 saturated heterocycles. The summed E-state index contributed by atoms with van der Waals surface area (Å²) >= 11 is 0. The van der Waals surface area contributed by atoms with Crippen LogP contribution >= 0.6 is 0 Å². The van der Waals surface area contributed by atoms with Crippen LogP contribution in [0.5, 0.6) is 40.2 Å². The van der Waals surface area contributed by atoms with Gasteiger partial charge in [-0.15, -0.1) is 0 Å².